The van der Waals surface area contributed by atoms with Gasteiger partial charge in [0.2, 0.25) is 5.88 Å². The number of nitrogens with zero attached hydrogens (tertiary/aromatic N) is 2. The summed E-state index contributed by atoms with van der Waals surface area (Å²) in [6, 6.07) is 9.96. The molecule has 2 aromatic rings. The molecule has 0 aliphatic rings. The van der Waals surface area contributed by atoms with E-state index < -0.39 is 0 Å². The molecule has 1 unspecified atom stereocenters. The molecular formula is C16H20ClN3O. The second-order valence-electron chi connectivity index (χ2n) is 4.91. The van der Waals surface area contributed by atoms with Gasteiger partial charge < -0.3 is 10.1 Å². The van der Waals surface area contributed by atoms with Crippen molar-refractivity contribution in [1.29, 1.82) is 0 Å². The lowest BCUT2D eigenvalue weighted by Crippen LogP contribution is -2.24. The SMILES string of the molecule is CCNC(Cc1ccc(C)cc1Cl)c1ccc(OC)nn1. The summed E-state index contributed by atoms with van der Waals surface area (Å²) < 4.78 is 5.04. The number of benzene rings is 1. The van der Waals surface area contributed by atoms with E-state index in [4.69, 9.17) is 16.3 Å². The molecule has 0 aliphatic carbocycles. The summed E-state index contributed by atoms with van der Waals surface area (Å²) in [4.78, 5) is 0. The summed E-state index contributed by atoms with van der Waals surface area (Å²) >= 11 is 6.33. The van der Waals surface area contributed by atoms with E-state index in [0.717, 1.165) is 34.8 Å². The highest BCUT2D eigenvalue weighted by Gasteiger charge is 2.15. The number of rotatable bonds is 6. The number of halogens is 1. The smallest absolute Gasteiger partial charge is 0.233 e. The third kappa shape index (κ3) is 4.16. The molecule has 0 radical (unpaired) electrons. The molecule has 0 saturated heterocycles. The van der Waals surface area contributed by atoms with Crippen molar-refractivity contribution in [3.05, 3.63) is 52.2 Å². The van der Waals surface area contributed by atoms with Gasteiger partial charge in [0, 0.05) is 11.1 Å². The first-order valence-corrected chi connectivity index (χ1v) is 7.38. The molecule has 1 aromatic heterocycles. The lowest BCUT2D eigenvalue weighted by atomic mass is 10.0. The number of aryl methyl sites for hydroxylation is 1. The molecule has 0 bridgehead atoms. The van der Waals surface area contributed by atoms with Crippen molar-refractivity contribution in [3.63, 3.8) is 0 Å². The highest BCUT2D eigenvalue weighted by molar-refractivity contribution is 6.31. The van der Waals surface area contributed by atoms with Crippen molar-refractivity contribution in [2.75, 3.05) is 13.7 Å². The van der Waals surface area contributed by atoms with Crippen molar-refractivity contribution in [3.8, 4) is 5.88 Å². The summed E-state index contributed by atoms with van der Waals surface area (Å²) in [6.45, 7) is 4.95. The fraction of sp³-hybridized carbons (Fsp3) is 0.375. The Morgan fingerprint density at radius 3 is 2.62 bits per heavy atom. The van der Waals surface area contributed by atoms with Crippen molar-refractivity contribution >= 4 is 11.6 Å². The molecule has 5 heteroatoms. The summed E-state index contributed by atoms with van der Waals surface area (Å²) in [6.07, 6.45) is 0.772. The Kier molecular flexibility index (Phi) is 5.53. The van der Waals surface area contributed by atoms with Crippen LogP contribution in [0.25, 0.3) is 0 Å². The van der Waals surface area contributed by atoms with E-state index >= 15 is 0 Å². The first-order valence-electron chi connectivity index (χ1n) is 7.00. The van der Waals surface area contributed by atoms with Crippen LogP contribution in [0.5, 0.6) is 5.88 Å². The van der Waals surface area contributed by atoms with Gasteiger partial charge in [0.1, 0.15) is 0 Å². The van der Waals surface area contributed by atoms with Crippen LogP contribution >= 0.6 is 11.6 Å². The normalized spacial score (nSPS) is 12.2. The van der Waals surface area contributed by atoms with E-state index in [1.54, 1.807) is 7.11 Å². The number of aromatic nitrogens is 2. The Morgan fingerprint density at radius 1 is 1.24 bits per heavy atom. The lowest BCUT2D eigenvalue weighted by Gasteiger charge is -2.18. The molecule has 112 valence electrons. The van der Waals surface area contributed by atoms with Crippen molar-refractivity contribution < 1.29 is 4.74 Å². The number of nitrogens with one attached hydrogen (secondary N) is 1. The molecule has 1 heterocycles. The van der Waals surface area contributed by atoms with Gasteiger partial charge in [-0.25, -0.2) is 0 Å². The standard InChI is InChI=1S/C16H20ClN3O/c1-4-18-15(14-7-8-16(21-3)20-19-14)10-12-6-5-11(2)9-13(12)17/h5-9,15,18H,4,10H2,1-3H3. The van der Waals surface area contributed by atoms with Crippen LogP contribution in [0.15, 0.2) is 30.3 Å². The predicted molar refractivity (Wildman–Crippen MR) is 84.9 cm³/mol. The van der Waals surface area contributed by atoms with Gasteiger partial charge in [-0.3, -0.25) is 0 Å². The molecular weight excluding hydrogens is 286 g/mol. The van der Waals surface area contributed by atoms with Gasteiger partial charge in [0.25, 0.3) is 0 Å². The molecule has 1 atom stereocenters. The molecule has 0 saturated carbocycles. The fourth-order valence-electron chi connectivity index (χ4n) is 2.19. The molecule has 0 fully saturated rings. The molecule has 1 N–H and O–H groups in total. The van der Waals surface area contributed by atoms with Gasteiger partial charge in [0.15, 0.2) is 0 Å². The zero-order valence-corrected chi connectivity index (χ0v) is 13.3. The van der Waals surface area contributed by atoms with Crippen LogP contribution in [0.1, 0.15) is 29.8 Å². The molecule has 0 aliphatic heterocycles. The third-order valence-corrected chi connectivity index (χ3v) is 3.66. The van der Waals surface area contributed by atoms with Crippen LogP contribution in [0.2, 0.25) is 5.02 Å². The van der Waals surface area contributed by atoms with Gasteiger partial charge in [-0.2, -0.15) is 5.10 Å². The monoisotopic (exact) mass is 305 g/mol. The molecule has 4 nitrogen and oxygen atoms in total. The highest BCUT2D eigenvalue weighted by Crippen LogP contribution is 2.24. The Balaban J connectivity index is 2.21. The number of hydrogen-bond donors (Lipinski definition) is 1. The number of methoxy groups -OCH3 is 1. The summed E-state index contributed by atoms with van der Waals surface area (Å²) in [7, 11) is 1.58. The fourth-order valence-corrected chi connectivity index (χ4v) is 2.50. The van der Waals surface area contributed by atoms with Gasteiger partial charge in [-0.1, -0.05) is 30.7 Å². The van der Waals surface area contributed by atoms with Crippen LogP contribution in [0, 0.1) is 6.92 Å². The Bertz CT molecular complexity index is 587. The van der Waals surface area contributed by atoms with E-state index in [1.807, 2.05) is 25.1 Å². The van der Waals surface area contributed by atoms with Crippen LogP contribution in [-0.4, -0.2) is 23.9 Å². The predicted octanol–water partition coefficient (Wildman–Crippen LogP) is 3.34. The zero-order chi connectivity index (χ0) is 15.2. The zero-order valence-electron chi connectivity index (χ0n) is 12.6. The van der Waals surface area contributed by atoms with E-state index in [0.29, 0.717) is 5.88 Å². The molecule has 21 heavy (non-hydrogen) atoms. The molecule has 0 amide bonds. The minimum absolute atomic E-state index is 0.0774. The maximum atomic E-state index is 6.33. The van der Waals surface area contributed by atoms with Crippen LogP contribution < -0.4 is 10.1 Å². The van der Waals surface area contributed by atoms with E-state index in [2.05, 4.69) is 34.6 Å². The second kappa shape index (κ2) is 7.38. The van der Waals surface area contributed by atoms with Crippen LogP contribution in [0.4, 0.5) is 0 Å². The average Bonchev–Trinajstić information content (AvgIpc) is 2.49. The molecule has 0 spiro atoms. The highest BCUT2D eigenvalue weighted by atomic mass is 35.5. The van der Waals surface area contributed by atoms with Crippen LogP contribution in [-0.2, 0) is 6.42 Å². The summed E-state index contributed by atoms with van der Waals surface area (Å²) in [5.74, 6) is 0.516. The first kappa shape index (κ1) is 15.7. The first-order chi connectivity index (χ1) is 10.1. The Labute approximate surface area is 130 Å². The lowest BCUT2D eigenvalue weighted by molar-refractivity contribution is 0.389. The third-order valence-electron chi connectivity index (χ3n) is 3.31. The van der Waals surface area contributed by atoms with Crippen molar-refractivity contribution in [1.82, 2.24) is 15.5 Å². The second-order valence-corrected chi connectivity index (χ2v) is 5.32. The minimum atomic E-state index is 0.0774. The van der Waals surface area contributed by atoms with E-state index in [1.165, 1.54) is 0 Å². The van der Waals surface area contributed by atoms with E-state index in [9.17, 15) is 0 Å². The number of hydrogen-bond acceptors (Lipinski definition) is 4. The summed E-state index contributed by atoms with van der Waals surface area (Å²) in [5, 5.41) is 12.5. The van der Waals surface area contributed by atoms with Gasteiger partial charge in [-0.05, 0) is 43.1 Å². The van der Waals surface area contributed by atoms with E-state index in [-0.39, 0.29) is 6.04 Å². The molecule has 2 rings (SSSR count). The van der Waals surface area contributed by atoms with Crippen molar-refractivity contribution in [2.45, 2.75) is 26.3 Å². The number of ether oxygens (including phenoxy) is 1. The maximum absolute atomic E-state index is 6.33. The van der Waals surface area contributed by atoms with Gasteiger partial charge in [-0.15, -0.1) is 5.10 Å². The Morgan fingerprint density at radius 2 is 2.05 bits per heavy atom. The maximum Gasteiger partial charge on any atom is 0.233 e. The Hall–Kier alpha value is -1.65. The van der Waals surface area contributed by atoms with Gasteiger partial charge in [0.05, 0.1) is 18.8 Å². The topological polar surface area (TPSA) is 47.0 Å². The summed E-state index contributed by atoms with van der Waals surface area (Å²) in [5.41, 5.74) is 3.15. The average molecular weight is 306 g/mol. The van der Waals surface area contributed by atoms with Gasteiger partial charge >= 0.3 is 0 Å². The minimum Gasteiger partial charge on any atom is -0.480 e. The van der Waals surface area contributed by atoms with Crippen molar-refractivity contribution in [2.24, 2.45) is 0 Å². The largest absolute Gasteiger partial charge is 0.480 e. The molecule has 1 aromatic carbocycles. The number of likely N-dealkylation sites (N-methyl/N-ethyl adjacent to an activating group) is 1. The van der Waals surface area contributed by atoms with Crippen LogP contribution in [0.3, 0.4) is 0 Å². The quantitative estimate of drug-likeness (QED) is 0.889.